The van der Waals surface area contributed by atoms with E-state index in [2.05, 4.69) is 57.2 Å². The molecule has 55 heavy (non-hydrogen) atoms. The monoisotopic (exact) mass is 773 g/mol. The van der Waals surface area contributed by atoms with E-state index in [0.29, 0.717) is 19.3 Å². The first-order valence-corrected chi connectivity index (χ1v) is 23.5. The van der Waals surface area contributed by atoms with Gasteiger partial charge in [-0.05, 0) is 64.2 Å². The van der Waals surface area contributed by atoms with Crippen LogP contribution in [0.2, 0.25) is 0 Å². The van der Waals surface area contributed by atoms with Gasteiger partial charge in [0.15, 0.2) is 6.10 Å². The second-order valence-corrected chi connectivity index (χ2v) is 15.7. The van der Waals surface area contributed by atoms with Crippen LogP contribution in [-0.2, 0) is 28.6 Å². The van der Waals surface area contributed by atoms with E-state index in [9.17, 15) is 14.4 Å². The van der Waals surface area contributed by atoms with Crippen LogP contribution in [0.25, 0.3) is 0 Å². The molecule has 0 bridgehead atoms. The summed E-state index contributed by atoms with van der Waals surface area (Å²) in [5, 5.41) is 0. The van der Waals surface area contributed by atoms with E-state index in [-0.39, 0.29) is 31.1 Å². The van der Waals surface area contributed by atoms with Crippen LogP contribution in [0, 0.1) is 0 Å². The molecule has 1 unspecified atom stereocenters. The van der Waals surface area contributed by atoms with Crippen LogP contribution >= 0.6 is 0 Å². The average molecular weight is 773 g/mol. The second kappa shape index (κ2) is 44.3. The smallest absolute Gasteiger partial charge is 0.306 e. The first kappa shape index (κ1) is 52.6. The summed E-state index contributed by atoms with van der Waals surface area (Å²) in [5.41, 5.74) is 0. The summed E-state index contributed by atoms with van der Waals surface area (Å²) in [6.45, 7) is 6.49. The maximum absolute atomic E-state index is 12.7. The van der Waals surface area contributed by atoms with Crippen molar-refractivity contribution in [3.05, 3.63) is 36.5 Å². The molecule has 0 rings (SSSR count). The summed E-state index contributed by atoms with van der Waals surface area (Å²) in [4.78, 5) is 37.7. The largest absolute Gasteiger partial charge is 0.462 e. The highest BCUT2D eigenvalue weighted by Crippen LogP contribution is 2.15. The summed E-state index contributed by atoms with van der Waals surface area (Å²) in [6.07, 6.45) is 49.8. The van der Waals surface area contributed by atoms with Crippen LogP contribution in [0.1, 0.15) is 239 Å². The fourth-order valence-corrected chi connectivity index (χ4v) is 6.54. The van der Waals surface area contributed by atoms with Crippen molar-refractivity contribution < 1.29 is 28.6 Å². The molecule has 0 N–H and O–H groups in total. The van der Waals surface area contributed by atoms with E-state index in [0.717, 1.165) is 103 Å². The lowest BCUT2D eigenvalue weighted by molar-refractivity contribution is -0.167. The average Bonchev–Trinajstić information content (AvgIpc) is 3.18. The van der Waals surface area contributed by atoms with E-state index in [1.807, 2.05) is 0 Å². The lowest BCUT2D eigenvalue weighted by atomic mass is 10.0. The molecule has 6 nitrogen and oxygen atoms in total. The summed E-state index contributed by atoms with van der Waals surface area (Å²) in [6, 6.07) is 0. The standard InChI is InChI=1S/C49H88O6/c1-4-7-10-13-16-19-22-24-26-27-30-33-36-39-42-48(51)54-45-46(44-53-47(50)41-38-35-32-29-21-18-15-12-9-6-3)55-49(52)43-40-37-34-31-28-25-23-20-17-14-11-8-5-2/h11-12,14-15,20,23,46H,4-10,13,16-19,21-22,24-45H2,1-3H3/b14-11-,15-12-,23-20-. The number of ether oxygens (including phenoxy) is 3. The Morgan fingerprint density at radius 1 is 0.364 bits per heavy atom. The fraction of sp³-hybridized carbons (Fsp3) is 0.816. The molecule has 0 spiro atoms. The number of carbonyl (C=O) groups excluding carboxylic acids is 3. The Bertz CT molecular complexity index is 938. The third kappa shape index (κ3) is 42.6. The Hall–Kier alpha value is -2.37. The molecule has 0 heterocycles. The van der Waals surface area contributed by atoms with Gasteiger partial charge in [-0.2, -0.15) is 0 Å². The number of hydrogen-bond acceptors (Lipinski definition) is 6. The van der Waals surface area contributed by atoms with Crippen molar-refractivity contribution in [1.29, 1.82) is 0 Å². The minimum absolute atomic E-state index is 0.0783. The minimum atomic E-state index is -0.777. The summed E-state index contributed by atoms with van der Waals surface area (Å²) in [5.74, 6) is -0.900. The second-order valence-electron chi connectivity index (χ2n) is 15.7. The zero-order valence-electron chi connectivity index (χ0n) is 36.4. The van der Waals surface area contributed by atoms with E-state index in [1.54, 1.807) is 0 Å². The highest BCUT2D eigenvalue weighted by molar-refractivity contribution is 5.71. The number of esters is 3. The van der Waals surface area contributed by atoms with Crippen molar-refractivity contribution in [2.24, 2.45) is 0 Å². The Morgan fingerprint density at radius 2 is 0.691 bits per heavy atom. The molecule has 320 valence electrons. The SMILES string of the molecule is CCC/C=C\C/C=C\CCCCCCCC(=O)OC(COC(=O)CCCCCCC/C=C\CCC)COC(=O)CCCCCCCCCCCCCCCC. The third-order valence-electron chi connectivity index (χ3n) is 10.1. The van der Waals surface area contributed by atoms with E-state index in [4.69, 9.17) is 14.2 Å². The molecule has 0 aromatic carbocycles. The predicted molar refractivity (Wildman–Crippen MR) is 233 cm³/mol. The summed E-state index contributed by atoms with van der Waals surface area (Å²) >= 11 is 0. The van der Waals surface area contributed by atoms with Gasteiger partial charge in [0.1, 0.15) is 13.2 Å². The molecular formula is C49H88O6. The van der Waals surface area contributed by atoms with Crippen molar-refractivity contribution in [1.82, 2.24) is 0 Å². The first-order chi connectivity index (χ1) is 27.0. The highest BCUT2D eigenvalue weighted by atomic mass is 16.6. The number of unbranched alkanes of at least 4 members (excludes halogenated alkanes) is 25. The van der Waals surface area contributed by atoms with Crippen molar-refractivity contribution >= 4 is 17.9 Å². The zero-order chi connectivity index (χ0) is 40.1. The molecule has 0 fully saturated rings. The van der Waals surface area contributed by atoms with Crippen LogP contribution in [0.4, 0.5) is 0 Å². The molecule has 0 saturated heterocycles. The van der Waals surface area contributed by atoms with Gasteiger partial charge in [0.25, 0.3) is 0 Å². The van der Waals surface area contributed by atoms with Crippen LogP contribution in [-0.4, -0.2) is 37.2 Å². The van der Waals surface area contributed by atoms with Gasteiger partial charge in [-0.3, -0.25) is 14.4 Å². The van der Waals surface area contributed by atoms with Gasteiger partial charge in [-0.15, -0.1) is 0 Å². The van der Waals surface area contributed by atoms with Crippen molar-refractivity contribution in [3.8, 4) is 0 Å². The van der Waals surface area contributed by atoms with Gasteiger partial charge in [0.2, 0.25) is 0 Å². The predicted octanol–water partition coefficient (Wildman–Crippen LogP) is 15.0. The maximum Gasteiger partial charge on any atom is 0.306 e. The molecule has 6 heteroatoms. The van der Waals surface area contributed by atoms with Crippen LogP contribution in [0.15, 0.2) is 36.5 Å². The Balaban J connectivity index is 4.37. The normalized spacial score (nSPS) is 12.3. The van der Waals surface area contributed by atoms with E-state index >= 15 is 0 Å². The van der Waals surface area contributed by atoms with Gasteiger partial charge in [-0.25, -0.2) is 0 Å². The van der Waals surface area contributed by atoms with Crippen molar-refractivity contribution in [3.63, 3.8) is 0 Å². The zero-order valence-corrected chi connectivity index (χ0v) is 36.4. The van der Waals surface area contributed by atoms with Gasteiger partial charge >= 0.3 is 17.9 Å². The number of rotatable bonds is 42. The van der Waals surface area contributed by atoms with Gasteiger partial charge in [0.05, 0.1) is 0 Å². The van der Waals surface area contributed by atoms with Crippen LogP contribution in [0.3, 0.4) is 0 Å². The molecule has 0 aromatic heterocycles. The van der Waals surface area contributed by atoms with Crippen LogP contribution < -0.4 is 0 Å². The topological polar surface area (TPSA) is 78.9 Å². The van der Waals surface area contributed by atoms with Crippen molar-refractivity contribution in [2.45, 2.75) is 245 Å². The number of carbonyl (C=O) groups is 3. The molecule has 1 atom stereocenters. The van der Waals surface area contributed by atoms with E-state index < -0.39 is 6.10 Å². The first-order valence-electron chi connectivity index (χ1n) is 23.5. The summed E-state index contributed by atoms with van der Waals surface area (Å²) < 4.78 is 16.7. The van der Waals surface area contributed by atoms with Gasteiger partial charge in [-0.1, -0.05) is 192 Å². The lowest BCUT2D eigenvalue weighted by Gasteiger charge is -2.18. The molecule has 0 amide bonds. The number of allylic oxidation sites excluding steroid dienone is 6. The molecule has 0 aromatic rings. The number of hydrogen-bond donors (Lipinski definition) is 0. The highest BCUT2D eigenvalue weighted by Gasteiger charge is 2.19. The molecule has 0 radical (unpaired) electrons. The molecule has 0 aliphatic rings. The Labute approximate surface area is 340 Å². The molecule has 0 aliphatic carbocycles. The van der Waals surface area contributed by atoms with Crippen LogP contribution in [0.5, 0.6) is 0 Å². The van der Waals surface area contributed by atoms with Crippen molar-refractivity contribution in [2.75, 3.05) is 13.2 Å². The van der Waals surface area contributed by atoms with Gasteiger partial charge < -0.3 is 14.2 Å². The van der Waals surface area contributed by atoms with E-state index in [1.165, 1.54) is 96.3 Å². The lowest BCUT2D eigenvalue weighted by Crippen LogP contribution is -2.30. The summed E-state index contributed by atoms with van der Waals surface area (Å²) in [7, 11) is 0. The maximum atomic E-state index is 12.7. The molecular weight excluding hydrogens is 685 g/mol. The molecule has 0 aliphatic heterocycles. The van der Waals surface area contributed by atoms with Gasteiger partial charge in [0, 0.05) is 19.3 Å². The Kier molecular flexibility index (Phi) is 42.4. The fourth-order valence-electron chi connectivity index (χ4n) is 6.54. The Morgan fingerprint density at radius 3 is 1.11 bits per heavy atom. The third-order valence-corrected chi connectivity index (χ3v) is 10.1. The molecule has 0 saturated carbocycles. The minimum Gasteiger partial charge on any atom is -0.462 e. The quantitative estimate of drug-likeness (QED) is 0.0266.